The molecule has 0 radical (unpaired) electrons. The van der Waals surface area contributed by atoms with Crippen molar-refractivity contribution < 1.29 is 4.57 Å². The third-order valence-electron chi connectivity index (χ3n) is 26.7. The van der Waals surface area contributed by atoms with E-state index in [1.54, 1.807) is 24.8 Å². The van der Waals surface area contributed by atoms with E-state index in [1.165, 1.54) is 89.4 Å². The number of rotatable bonds is 9. The minimum absolute atomic E-state index is 0.660. The topological polar surface area (TPSA) is 304 Å². The van der Waals surface area contributed by atoms with Crippen molar-refractivity contribution in [3.63, 3.8) is 0 Å². The maximum atomic E-state index is 6.51. The molecule has 0 spiro atoms. The molecule has 0 bridgehead atoms. The molecular formula is C122H98Cl2N25+. The summed E-state index contributed by atoms with van der Waals surface area (Å²) < 4.78 is 2.05. The quantitative estimate of drug-likeness (QED) is 0.0661. The van der Waals surface area contributed by atoms with E-state index in [0.29, 0.717) is 56.8 Å². The van der Waals surface area contributed by atoms with E-state index in [0.717, 1.165) is 187 Å². The van der Waals surface area contributed by atoms with Gasteiger partial charge < -0.3 is 37.2 Å². The van der Waals surface area contributed by atoms with Gasteiger partial charge in [0.05, 0.1) is 62.2 Å². The first-order valence-corrected chi connectivity index (χ1v) is 50.3. The lowest BCUT2D eigenvalue weighted by Crippen LogP contribution is -2.25. The summed E-state index contributed by atoms with van der Waals surface area (Å²) in [6.07, 6.45) is 25.9. The van der Waals surface area contributed by atoms with Crippen LogP contribution in [0.5, 0.6) is 0 Å². The van der Waals surface area contributed by atoms with Crippen LogP contribution in [0, 0.1) is 6.92 Å². The molecule has 149 heavy (non-hydrogen) atoms. The Morgan fingerprint density at radius 1 is 0.282 bits per heavy atom. The number of aromatic nitrogens is 11. The molecule has 25 nitrogen and oxygen atoms in total. The highest BCUT2D eigenvalue weighted by Gasteiger charge is 2.29. The number of aryl methyl sites for hydroxylation is 3. The van der Waals surface area contributed by atoms with Crippen LogP contribution in [0.3, 0.4) is 0 Å². The van der Waals surface area contributed by atoms with Crippen LogP contribution in [-0.4, -0.2) is 90.7 Å². The van der Waals surface area contributed by atoms with Gasteiger partial charge in [0.25, 0.3) is 0 Å². The number of halogens is 2. The van der Waals surface area contributed by atoms with Gasteiger partial charge in [0, 0.05) is 184 Å². The number of amidine groups is 7. The van der Waals surface area contributed by atoms with E-state index >= 15 is 0 Å². The second kappa shape index (κ2) is 42.8. The number of fused-ring (bicyclic) bond motifs is 14. The number of anilines is 7. The number of nitrogens with one attached hydrogen (secondary N) is 7. The van der Waals surface area contributed by atoms with Gasteiger partial charge in [-0.3, -0.25) is 79.8 Å². The Bertz CT molecular complexity index is 9010. The smallest absolute Gasteiger partial charge is 0.176 e. The van der Waals surface area contributed by atoms with E-state index < -0.39 is 0 Å². The van der Waals surface area contributed by atoms with Gasteiger partial charge in [-0.05, 0) is 214 Å². The Labute approximate surface area is 869 Å². The molecule has 11 aromatic heterocycles. The van der Waals surface area contributed by atoms with Gasteiger partial charge in [-0.15, -0.1) is 0 Å². The van der Waals surface area contributed by atoms with Crippen molar-refractivity contribution in [3.05, 3.63) is 477 Å². The zero-order chi connectivity index (χ0) is 100. The highest BCUT2D eigenvalue weighted by molar-refractivity contribution is 6.39. The molecule has 0 amide bonds. The summed E-state index contributed by atoms with van der Waals surface area (Å²) in [6, 6.07) is 100. The maximum absolute atomic E-state index is 6.51. The fourth-order valence-corrected chi connectivity index (χ4v) is 19.6. The van der Waals surface area contributed by atoms with Crippen molar-refractivity contribution in [2.24, 2.45) is 42.0 Å². The van der Waals surface area contributed by atoms with E-state index in [9.17, 15) is 0 Å². The lowest BCUT2D eigenvalue weighted by atomic mass is 10.0. The summed E-state index contributed by atoms with van der Waals surface area (Å²) in [4.78, 5) is 76.0. The fraction of sp³-hybridized carbons (Fsp3) is 0.115. The summed E-state index contributed by atoms with van der Waals surface area (Å²) in [6.45, 7) is 9.10. The summed E-state index contributed by atoms with van der Waals surface area (Å²) >= 11 is 12.7. The first-order valence-electron chi connectivity index (χ1n) is 49.5. The zero-order valence-electron chi connectivity index (χ0n) is 81.7. The first kappa shape index (κ1) is 94.1. The van der Waals surface area contributed by atoms with Crippen LogP contribution in [0.4, 0.5) is 39.9 Å². The average molecular weight is 1990 g/mol. The summed E-state index contributed by atoms with van der Waals surface area (Å²) in [5, 5.41) is 41.5. The predicted octanol–water partition coefficient (Wildman–Crippen LogP) is 25.3. The highest BCUT2D eigenvalue weighted by atomic mass is 35.5. The van der Waals surface area contributed by atoms with E-state index in [-0.39, 0.29) is 0 Å². The van der Waals surface area contributed by atoms with Gasteiger partial charge in [-0.1, -0.05) is 182 Å². The number of hydrogen-bond acceptors (Lipinski definition) is 24. The van der Waals surface area contributed by atoms with E-state index in [4.69, 9.17) is 23.2 Å². The minimum Gasteiger partial charge on any atom is -0.339 e. The van der Waals surface area contributed by atoms with Crippen molar-refractivity contribution >= 4 is 179 Å². The van der Waals surface area contributed by atoms with E-state index in [1.807, 2.05) is 172 Å². The third-order valence-corrected chi connectivity index (χ3v) is 27.5. The Morgan fingerprint density at radius 2 is 0.658 bits per heavy atom. The highest BCUT2D eigenvalue weighted by Crippen LogP contribution is 2.43. The van der Waals surface area contributed by atoms with Crippen LogP contribution in [0.1, 0.15) is 121 Å². The van der Waals surface area contributed by atoms with Crippen LogP contribution in [0.15, 0.2) is 407 Å². The van der Waals surface area contributed by atoms with Gasteiger partial charge in [0.15, 0.2) is 53.2 Å². The molecule has 1 fully saturated rings. The van der Waals surface area contributed by atoms with Crippen LogP contribution >= 0.6 is 23.2 Å². The zero-order valence-corrected chi connectivity index (χ0v) is 83.2. The Hall–Kier alpha value is -18.5. The van der Waals surface area contributed by atoms with Crippen LogP contribution in [0.2, 0.25) is 10.0 Å². The molecular weight excluding hydrogens is 1890 g/mol. The molecule has 10 aromatic carbocycles. The van der Waals surface area contributed by atoms with Crippen LogP contribution in [0.25, 0.3) is 75.4 Å². The standard InChI is InChI=1S/C19H16N4.C18H16N4.C18H15N3.2C17H12ClN3.C17H14N4.C16H12N4/c1-2-14-11-22-19(18(14)20-8-1)23-15-5-6-16-13(10-15)7-9-21-17(16)12-3-4-12;1-2-16-15-6-5-14(10-12(15)7-9-19-16)22-18-17-13(11-21-18)4-3-8-20-17;1-12-9-15(10-13-5-2-3-7-16(12)13)21-18-17-14(11-20-18)6-4-8-19-17;18-15-5-1-3-11-9-13(6-7-14(11)15)21-17-16-12(10-20-17)4-2-8-19-16;18-15-13-6-2-1-4-11(13)7-8-14(15)21-17-16-12(10-20-17)5-3-9-19-16;1-21-8-6-12-9-15(5-4-14(12)11-21)20-17-16-13(10-19-17)3-2-7-18-16;1-2-5-12-9-18-14(8-11(12)4-1)20-16-15-13(10-19-16)6-3-7-17-15/h1-2,5-10,12H,3-4,11H2,(H,22,23);3-10H,2,11H2,1H3,(H,21,22);2-10H,11H2,1H3,(H,20,21);2*1-9H,10H2,(H,20,21);2-9,11H,10H2,1H3;1-9H,10H2,(H,18,19,20)/p+1. The normalized spacial score (nSPS) is 13.6. The number of aliphatic imine (C=N–C) groups is 7. The van der Waals surface area contributed by atoms with Crippen molar-refractivity contribution in [1.29, 1.82) is 0 Å². The SMILES string of the molecule is CCc1nccc2cc(NC3=NCc4cccnc43)ccc12.C[n+]1ccc2cc(NC3=NCc4cccnc43)ccc2c1.Cc1cc(NC2=NCc3cccnc32)cc2ccccc12.Clc1c(NC2=NCc3cccnc32)ccc2ccccc12.Clc1cccc2cc(NC3=NCc4cccnc43)ccc12.c1cnc2c(c1)CN=C2Nc1cc2ccccc2cn1.c1cnc2c(c1)CN=C2Nc1ccc2c(C3CC3)nccc2c1. The van der Waals surface area contributed by atoms with Crippen molar-refractivity contribution in [3.8, 4) is 0 Å². The molecule has 29 rings (SSSR count). The molecule has 7 N–H and O–H groups in total. The largest absolute Gasteiger partial charge is 0.339 e. The predicted molar refractivity (Wildman–Crippen MR) is 605 cm³/mol. The summed E-state index contributed by atoms with van der Waals surface area (Å²) in [7, 11) is 2.03. The molecule has 0 unspecified atom stereocenters. The summed E-state index contributed by atoms with van der Waals surface area (Å²) in [5.41, 5.74) is 24.4. The Balaban J connectivity index is 0.0000000954. The molecule has 27 heteroatoms. The first-order chi connectivity index (χ1) is 73.4. The van der Waals surface area contributed by atoms with E-state index in [2.05, 4.69) is 323 Å². The van der Waals surface area contributed by atoms with Gasteiger partial charge in [-0.25, -0.2) is 9.55 Å². The van der Waals surface area contributed by atoms with Crippen molar-refractivity contribution in [2.75, 3.05) is 37.2 Å². The number of hydrogen-bond donors (Lipinski definition) is 7. The lowest BCUT2D eigenvalue weighted by Gasteiger charge is -2.10. The molecule has 724 valence electrons. The molecule has 1 aliphatic carbocycles. The van der Waals surface area contributed by atoms with Crippen molar-refractivity contribution in [1.82, 2.24) is 49.8 Å². The molecule has 0 atom stereocenters. The van der Waals surface area contributed by atoms with Crippen LogP contribution < -0.4 is 41.8 Å². The Kier molecular flexibility index (Phi) is 27.1. The third kappa shape index (κ3) is 21.0. The molecule has 0 saturated heterocycles. The van der Waals surface area contributed by atoms with Crippen LogP contribution in [-0.2, 0) is 59.3 Å². The monoisotopic (exact) mass is 1980 g/mol. The van der Waals surface area contributed by atoms with Gasteiger partial charge in [-0.2, -0.15) is 0 Å². The maximum Gasteiger partial charge on any atom is 0.176 e. The number of nitrogens with zero attached hydrogens (tertiary/aromatic N) is 18. The average Bonchev–Trinajstić information content (AvgIpc) is 1.66. The van der Waals surface area contributed by atoms with Gasteiger partial charge in [0.2, 0.25) is 0 Å². The Morgan fingerprint density at radius 3 is 1.15 bits per heavy atom. The molecule has 7 aliphatic heterocycles. The number of benzene rings is 10. The second-order valence-electron chi connectivity index (χ2n) is 36.8. The lowest BCUT2D eigenvalue weighted by molar-refractivity contribution is -0.670. The molecule has 21 aromatic rings. The summed E-state index contributed by atoms with van der Waals surface area (Å²) in [5.74, 6) is 7.27. The number of pyridine rings is 11. The van der Waals surface area contributed by atoms with Gasteiger partial charge >= 0.3 is 0 Å². The molecule has 18 heterocycles. The molecule has 8 aliphatic rings. The second-order valence-corrected chi connectivity index (χ2v) is 37.6. The minimum atomic E-state index is 0.660. The van der Waals surface area contributed by atoms with Gasteiger partial charge in [0.1, 0.15) is 52.7 Å². The molecule has 1 saturated carbocycles. The fourth-order valence-electron chi connectivity index (χ4n) is 19.1. The van der Waals surface area contributed by atoms with Crippen molar-refractivity contribution in [2.45, 2.75) is 84.8 Å².